The van der Waals surface area contributed by atoms with E-state index in [0.29, 0.717) is 18.5 Å². The summed E-state index contributed by atoms with van der Waals surface area (Å²) in [7, 11) is 0. The lowest BCUT2D eigenvalue weighted by atomic mass is 9.78. The Labute approximate surface area is 135 Å². The topological polar surface area (TPSA) is 90.3 Å². The second kappa shape index (κ2) is 5.70. The Balaban J connectivity index is 1.62. The molecule has 0 amide bonds. The summed E-state index contributed by atoms with van der Waals surface area (Å²) < 4.78 is 5.82. The van der Waals surface area contributed by atoms with Gasteiger partial charge in [-0.05, 0) is 18.9 Å². The predicted molar refractivity (Wildman–Crippen MR) is 89.4 cm³/mol. The molecule has 0 spiro atoms. The Hall–Kier alpha value is -2.34. The van der Waals surface area contributed by atoms with Crippen molar-refractivity contribution in [2.75, 3.05) is 23.8 Å². The number of hydrogen-bond donors (Lipinski definition) is 2. The summed E-state index contributed by atoms with van der Waals surface area (Å²) in [5, 5.41) is 0. The molecule has 0 radical (unpaired) electrons. The van der Waals surface area contributed by atoms with Crippen molar-refractivity contribution in [3.05, 3.63) is 41.6 Å². The summed E-state index contributed by atoms with van der Waals surface area (Å²) in [6, 6.07) is 10.5. The minimum Gasteiger partial charge on any atom is -0.491 e. The maximum absolute atomic E-state index is 5.94. The van der Waals surface area contributed by atoms with Crippen LogP contribution in [0.25, 0.3) is 0 Å². The third-order valence-electron chi connectivity index (χ3n) is 4.62. The van der Waals surface area contributed by atoms with Crippen molar-refractivity contribution >= 4 is 11.8 Å². The molecule has 0 saturated heterocycles. The number of fused-ring (bicyclic) bond motifs is 1. The van der Waals surface area contributed by atoms with E-state index in [-0.39, 0.29) is 6.04 Å². The van der Waals surface area contributed by atoms with Gasteiger partial charge in [-0.2, -0.15) is 4.98 Å². The standard InChI is InChI=1S/C17H21N5O/c18-13-7-12(8-13)14-9-16(21-17(19)20-14)22-5-6-23-15-4-2-1-3-11(15)10-22/h1-4,9,12-13H,5-8,10,18H2,(H2,19,20,21). The molecule has 0 unspecified atom stereocenters. The number of para-hydroxylation sites is 1. The summed E-state index contributed by atoms with van der Waals surface area (Å²) in [6.07, 6.45) is 1.95. The van der Waals surface area contributed by atoms with E-state index in [1.165, 1.54) is 0 Å². The second-order valence-corrected chi connectivity index (χ2v) is 6.32. The van der Waals surface area contributed by atoms with Crippen LogP contribution in [0.1, 0.15) is 30.0 Å². The molecule has 1 aliphatic heterocycles. The van der Waals surface area contributed by atoms with Crippen molar-refractivity contribution in [2.45, 2.75) is 31.3 Å². The van der Waals surface area contributed by atoms with Crippen LogP contribution in [-0.4, -0.2) is 29.2 Å². The van der Waals surface area contributed by atoms with Gasteiger partial charge in [-0.3, -0.25) is 0 Å². The van der Waals surface area contributed by atoms with Crippen LogP contribution < -0.4 is 21.1 Å². The van der Waals surface area contributed by atoms with Crippen molar-refractivity contribution in [2.24, 2.45) is 5.73 Å². The summed E-state index contributed by atoms with van der Waals surface area (Å²) in [5.41, 5.74) is 14.0. The largest absolute Gasteiger partial charge is 0.491 e. The van der Waals surface area contributed by atoms with Crippen LogP contribution >= 0.6 is 0 Å². The fourth-order valence-corrected chi connectivity index (χ4v) is 3.27. The van der Waals surface area contributed by atoms with Crippen LogP contribution in [0.5, 0.6) is 5.75 Å². The Morgan fingerprint density at radius 2 is 2.00 bits per heavy atom. The highest BCUT2D eigenvalue weighted by Crippen LogP contribution is 2.36. The quantitative estimate of drug-likeness (QED) is 0.876. The van der Waals surface area contributed by atoms with Crippen LogP contribution in [0, 0.1) is 0 Å². The molecule has 4 rings (SSSR count). The first kappa shape index (κ1) is 14.3. The minimum absolute atomic E-state index is 0.290. The zero-order valence-electron chi connectivity index (χ0n) is 13.0. The van der Waals surface area contributed by atoms with Crippen LogP contribution in [0.4, 0.5) is 11.8 Å². The van der Waals surface area contributed by atoms with Gasteiger partial charge in [-0.1, -0.05) is 18.2 Å². The third kappa shape index (κ3) is 2.82. The van der Waals surface area contributed by atoms with Crippen LogP contribution in [0.15, 0.2) is 30.3 Å². The highest BCUT2D eigenvalue weighted by molar-refractivity contribution is 5.47. The van der Waals surface area contributed by atoms with E-state index in [4.69, 9.17) is 16.2 Å². The van der Waals surface area contributed by atoms with Crippen molar-refractivity contribution in [1.29, 1.82) is 0 Å². The average molecular weight is 311 g/mol. The molecule has 2 aliphatic rings. The van der Waals surface area contributed by atoms with Crippen LogP contribution in [-0.2, 0) is 6.54 Å². The molecule has 1 saturated carbocycles. The second-order valence-electron chi connectivity index (χ2n) is 6.32. The Morgan fingerprint density at radius 3 is 2.83 bits per heavy atom. The van der Waals surface area contributed by atoms with Gasteiger partial charge in [0.1, 0.15) is 18.2 Å². The predicted octanol–water partition coefficient (Wildman–Crippen LogP) is 1.66. The molecule has 120 valence electrons. The fourth-order valence-electron chi connectivity index (χ4n) is 3.27. The fraction of sp³-hybridized carbons (Fsp3) is 0.412. The number of nitrogens with zero attached hydrogens (tertiary/aromatic N) is 3. The molecule has 4 N–H and O–H groups in total. The molecular formula is C17H21N5O. The van der Waals surface area contributed by atoms with Gasteiger partial charge < -0.3 is 21.1 Å². The highest BCUT2D eigenvalue weighted by atomic mass is 16.5. The molecule has 6 heteroatoms. The number of rotatable bonds is 2. The number of nitrogen functional groups attached to an aromatic ring is 1. The van der Waals surface area contributed by atoms with Crippen molar-refractivity contribution in [3.8, 4) is 5.75 Å². The van der Waals surface area contributed by atoms with E-state index in [1.807, 2.05) is 18.2 Å². The summed E-state index contributed by atoms with van der Waals surface area (Å²) in [4.78, 5) is 11.0. The number of ether oxygens (including phenoxy) is 1. The Morgan fingerprint density at radius 1 is 1.17 bits per heavy atom. The molecule has 2 heterocycles. The van der Waals surface area contributed by atoms with Gasteiger partial charge in [-0.25, -0.2) is 4.98 Å². The molecular weight excluding hydrogens is 290 g/mol. The molecule has 2 aromatic rings. The number of nitrogens with two attached hydrogens (primary N) is 2. The number of hydrogen-bond acceptors (Lipinski definition) is 6. The molecule has 1 aliphatic carbocycles. The molecule has 6 nitrogen and oxygen atoms in total. The van der Waals surface area contributed by atoms with Crippen molar-refractivity contribution in [1.82, 2.24) is 9.97 Å². The van der Waals surface area contributed by atoms with E-state index in [0.717, 1.165) is 48.8 Å². The lowest BCUT2D eigenvalue weighted by molar-refractivity contribution is 0.331. The van der Waals surface area contributed by atoms with Gasteiger partial charge in [0.25, 0.3) is 0 Å². The molecule has 1 aromatic heterocycles. The van der Waals surface area contributed by atoms with E-state index in [1.54, 1.807) is 0 Å². The van der Waals surface area contributed by atoms with Gasteiger partial charge in [0.2, 0.25) is 5.95 Å². The van der Waals surface area contributed by atoms with Crippen molar-refractivity contribution in [3.63, 3.8) is 0 Å². The average Bonchev–Trinajstić information content (AvgIpc) is 2.73. The summed E-state index contributed by atoms with van der Waals surface area (Å²) in [6.45, 7) is 2.16. The van der Waals surface area contributed by atoms with E-state index in [2.05, 4.69) is 27.0 Å². The van der Waals surface area contributed by atoms with Crippen molar-refractivity contribution < 1.29 is 4.74 Å². The number of aromatic nitrogens is 2. The van der Waals surface area contributed by atoms with Gasteiger partial charge in [0.05, 0.1) is 12.2 Å². The van der Waals surface area contributed by atoms with Gasteiger partial charge in [0.15, 0.2) is 0 Å². The Kier molecular flexibility index (Phi) is 3.53. The lowest BCUT2D eigenvalue weighted by Gasteiger charge is -2.32. The Bertz CT molecular complexity index is 714. The van der Waals surface area contributed by atoms with E-state index in [9.17, 15) is 0 Å². The van der Waals surface area contributed by atoms with Crippen LogP contribution in [0.3, 0.4) is 0 Å². The maximum Gasteiger partial charge on any atom is 0.222 e. The molecule has 0 bridgehead atoms. The highest BCUT2D eigenvalue weighted by Gasteiger charge is 2.29. The smallest absolute Gasteiger partial charge is 0.222 e. The molecule has 1 fully saturated rings. The van der Waals surface area contributed by atoms with E-state index >= 15 is 0 Å². The first-order valence-corrected chi connectivity index (χ1v) is 8.05. The molecule has 1 aromatic carbocycles. The lowest BCUT2D eigenvalue weighted by Crippen LogP contribution is -2.35. The SMILES string of the molecule is Nc1nc(C2CC(N)C2)cc(N2CCOc3ccccc3C2)n1. The first-order chi connectivity index (χ1) is 11.2. The van der Waals surface area contributed by atoms with E-state index < -0.39 is 0 Å². The monoisotopic (exact) mass is 311 g/mol. The van der Waals surface area contributed by atoms with Gasteiger partial charge in [-0.15, -0.1) is 0 Å². The molecule has 0 atom stereocenters. The summed E-state index contributed by atoms with van der Waals surface area (Å²) in [5.74, 6) is 2.55. The molecule has 23 heavy (non-hydrogen) atoms. The zero-order chi connectivity index (χ0) is 15.8. The number of anilines is 2. The van der Waals surface area contributed by atoms with Gasteiger partial charge >= 0.3 is 0 Å². The normalized spacial score (nSPS) is 23.4. The first-order valence-electron chi connectivity index (χ1n) is 8.05. The third-order valence-corrected chi connectivity index (χ3v) is 4.62. The van der Waals surface area contributed by atoms with Crippen LogP contribution in [0.2, 0.25) is 0 Å². The summed E-state index contributed by atoms with van der Waals surface area (Å²) >= 11 is 0. The maximum atomic E-state index is 5.94. The minimum atomic E-state index is 0.290. The zero-order valence-corrected chi connectivity index (χ0v) is 13.0. The number of benzene rings is 1. The van der Waals surface area contributed by atoms with Gasteiger partial charge in [0, 0.05) is 30.1 Å².